The van der Waals surface area contributed by atoms with Crippen LogP contribution in [-0.2, 0) is 4.79 Å². The maximum absolute atomic E-state index is 12.0. The van der Waals surface area contributed by atoms with Crippen LogP contribution in [0.5, 0.6) is 0 Å². The number of nitrogens with one attached hydrogen (secondary N) is 2. The van der Waals surface area contributed by atoms with Crippen LogP contribution in [0, 0.1) is 16.7 Å². The smallest absolute Gasteiger partial charge is 0.237 e. The van der Waals surface area contributed by atoms with Crippen LogP contribution in [-0.4, -0.2) is 25.0 Å². The molecule has 3 heteroatoms. The Bertz CT molecular complexity index is 326. The van der Waals surface area contributed by atoms with Crippen LogP contribution in [0.2, 0.25) is 0 Å². The molecule has 0 saturated heterocycles. The molecular weight excluding hydrogens is 212 g/mol. The Morgan fingerprint density at radius 1 is 1.35 bits per heavy atom. The van der Waals surface area contributed by atoms with Gasteiger partial charge in [0.1, 0.15) is 0 Å². The molecule has 2 rings (SSSR count). The Morgan fingerprint density at radius 3 is 2.41 bits per heavy atom. The average molecular weight is 238 g/mol. The van der Waals surface area contributed by atoms with E-state index in [2.05, 4.69) is 31.4 Å². The summed E-state index contributed by atoms with van der Waals surface area (Å²) in [5.41, 5.74) is 0.647. The monoisotopic (exact) mass is 238 g/mol. The van der Waals surface area contributed by atoms with Gasteiger partial charge in [-0.05, 0) is 50.0 Å². The van der Waals surface area contributed by atoms with Crippen molar-refractivity contribution >= 4 is 5.91 Å². The van der Waals surface area contributed by atoms with Crippen LogP contribution in [0.25, 0.3) is 0 Å². The number of hydrogen-bond donors (Lipinski definition) is 2. The first-order valence-electron chi connectivity index (χ1n) is 6.80. The Labute approximate surface area is 105 Å². The summed E-state index contributed by atoms with van der Waals surface area (Å²) < 4.78 is 0. The van der Waals surface area contributed by atoms with Crippen LogP contribution in [0.3, 0.4) is 0 Å². The quantitative estimate of drug-likeness (QED) is 0.789. The van der Waals surface area contributed by atoms with Crippen LogP contribution in [0.15, 0.2) is 0 Å². The molecule has 0 aromatic heterocycles. The molecule has 3 nitrogen and oxygen atoms in total. The summed E-state index contributed by atoms with van der Waals surface area (Å²) in [5.74, 6) is 0.921. The van der Waals surface area contributed by atoms with Gasteiger partial charge in [-0.25, -0.2) is 0 Å². The molecule has 0 aliphatic heterocycles. The van der Waals surface area contributed by atoms with Crippen molar-refractivity contribution in [1.29, 1.82) is 0 Å². The fourth-order valence-electron chi connectivity index (χ4n) is 3.85. The zero-order chi connectivity index (χ0) is 12.8. The highest BCUT2D eigenvalue weighted by Gasteiger charge is 2.61. The van der Waals surface area contributed by atoms with Gasteiger partial charge in [-0.2, -0.15) is 0 Å². The first-order chi connectivity index (χ1) is 7.83. The second kappa shape index (κ2) is 3.98. The van der Waals surface area contributed by atoms with Gasteiger partial charge in [-0.1, -0.05) is 20.8 Å². The molecule has 17 heavy (non-hydrogen) atoms. The maximum atomic E-state index is 12.0. The average Bonchev–Trinajstić information content (AvgIpc) is 2.60. The Morgan fingerprint density at radius 2 is 2.00 bits per heavy atom. The van der Waals surface area contributed by atoms with Crippen molar-refractivity contribution in [2.75, 3.05) is 7.05 Å². The van der Waals surface area contributed by atoms with Crippen molar-refractivity contribution in [3.8, 4) is 0 Å². The van der Waals surface area contributed by atoms with E-state index in [9.17, 15) is 4.79 Å². The van der Waals surface area contributed by atoms with Gasteiger partial charge in [0.05, 0.1) is 6.04 Å². The van der Waals surface area contributed by atoms with Crippen molar-refractivity contribution in [3.63, 3.8) is 0 Å². The molecule has 2 saturated carbocycles. The lowest BCUT2D eigenvalue weighted by Gasteiger charge is -2.39. The Hall–Kier alpha value is -0.570. The van der Waals surface area contributed by atoms with E-state index in [1.165, 1.54) is 12.8 Å². The first kappa shape index (κ1) is 12.9. The van der Waals surface area contributed by atoms with E-state index >= 15 is 0 Å². The lowest BCUT2D eigenvalue weighted by molar-refractivity contribution is -0.124. The number of carbonyl (C=O) groups excluding carboxylic acids is 1. The minimum absolute atomic E-state index is 0.0964. The summed E-state index contributed by atoms with van der Waals surface area (Å²) in [4.78, 5) is 12.0. The summed E-state index contributed by atoms with van der Waals surface area (Å²) in [6.45, 7) is 9.02. The molecular formula is C14H26N2O. The van der Waals surface area contributed by atoms with E-state index in [0.29, 0.717) is 11.5 Å². The molecule has 2 aliphatic rings. The molecule has 0 heterocycles. The minimum atomic E-state index is -0.0964. The van der Waals surface area contributed by atoms with E-state index in [-0.39, 0.29) is 17.4 Å². The summed E-state index contributed by atoms with van der Waals surface area (Å²) in [5, 5.41) is 6.26. The molecule has 0 radical (unpaired) electrons. The van der Waals surface area contributed by atoms with Crippen LogP contribution >= 0.6 is 0 Å². The molecule has 2 aliphatic carbocycles. The Kier molecular flexibility index (Phi) is 3.01. The van der Waals surface area contributed by atoms with E-state index in [1.807, 2.05) is 14.0 Å². The third-order valence-corrected chi connectivity index (χ3v) is 5.94. The molecule has 0 aromatic carbocycles. The second-order valence-corrected chi connectivity index (χ2v) is 6.68. The van der Waals surface area contributed by atoms with E-state index in [4.69, 9.17) is 0 Å². The SMILES string of the molecule is CNC(C)C(=O)NC1CC2CCC1(C)C2(C)C. The first-order valence-corrected chi connectivity index (χ1v) is 6.80. The lowest BCUT2D eigenvalue weighted by atomic mass is 9.69. The fourth-order valence-corrected chi connectivity index (χ4v) is 3.85. The molecule has 2 N–H and O–H groups in total. The van der Waals surface area contributed by atoms with Gasteiger partial charge < -0.3 is 10.6 Å². The molecule has 1 amide bonds. The van der Waals surface area contributed by atoms with Crippen LogP contribution < -0.4 is 10.6 Å². The summed E-state index contributed by atoms with van der Waals surface area (Å²) in [6, 6.07) is 0.264. The predicted molar refractivity (Wildman–Crippen MR) is 69.7 cm³/mol. The van der Waals surface area contributed by atoms with E-state index < -0.39 is 0 Å². The number of fused-ring (bicyclic) bond motifs is 2. The molecule has 0 spiro atoms. The third kappa shape index (κ3) is 1.70. The van der Waals surface area contributed by atoms with Gasteiger partial charge in [-0.15, -0.1) is 0 Å². The zero-order valence-corrected chi connectivity index (χ0v) is 11.8. The standard InChI is InChI=1S/C14H26N2O/c1-9(15-5)12(17)16-11-8-10-6-7-14(11,4)13(10,2)3/h9-11,15H,6-8H2,1-5H3,(H,16,17). The van der Waals surface area contributed by atoms with Crippen molar-refractivity contribution in [3.05, 3.63) is 0 Å². The number of hydrogen-bond acceptors (Lipinski definition) is 2. The topological polar surface area (TPSA) is 41.1 Å². The highest BCUT2D eigenvalue weighted by Crippen LogP contribution is 2.65. The predicted octanol–water partition coefficient (Wildman–Crippen LogP) is 1.93. The van der Waals surface area contributed by atoms with Gasteiger partial charge in [0.2, 0.25) is 5.91 Å². The summed E-state index contributed by atoms with van der Waals surface area (Å²) >= 11 is 0. The van der Waals surface area contributed by atoms with E-state index in [0.717, 1.165) is 12.3 Å². The van der Waals surface area contributed by atoms with Crippen molar-refractivity contribution in [2.45, 2.75) is 59.0 Å². The molecule has 4 unspecified atom stereocenters. The summed E-state index contributed by atoms with van der Waals surface area (Å²) in [6.07, 6.45) is 3.74. The molecule has 2 bridgehead atoms. The molecule has 4 atom stereocenters. The largest absolute Gasteiger partial charge is 0.351 e. The number of rotatable bonds is 3. The zero-order valence-electron chi connectivity index (χ0n) is 11.8. The molecule has 2 fully saturated rings. The van der Waals surface area contributed by atoms with Gasteiger partial charge in [0.15, 0.2) is 0 Å². The van der Waals surface area contributed by atoms with Gasteiger partial charge >= 0.3 is 0 Å². The summed E-state index contributed by atoms with van der Waals surface area (Å²) in [7, 11) is 1.83. The third-order valence-electron chi connectivity index (χ3n) is 5.94. The highest BCUT2D eigenvalue weighted by atomic mass is 16.2. The number of amides is 1. The van der Waals surface area contributed by atoms with E-state index in [1.54, 1.807) is 0 Å². The second-order valence-electron chi connectivity index (χ2n) is 6.68. The number of likely N-dealkylation sites (N-methyl/N-ethyl adjacent to an activating group) is 1. The van der Waals surface area contributed by atoms with Gasteiger partial charge in [0.25, 0.3) is 0 Å². The normalized spacial score (nSPS) is 40.3. The van der Waals surface area contributed by atoms with Gasteiger partial charge in [0, 0.05) is 6.04 Å². The lowest BCUT2D eigenvalue weighted by Crippen LogP contribution is -2.51. The Balaban J connectivity index is 2.08. The van der Waals surface area contributed by atoms with Gasteiger partial charge in [-0.3, -0.25) is 4.79 Å². The van der Waals surface area contributed by atoms with Crippen LogP contribution in [0.4, 0.5) is 0 Å². The maximum Gasteiger partial charge on any atom is 0.237 e. The van der Waals surface area contributed by atoms with Crippen molar-refractivity contribution < 1.29 is 4.79 Å². The highest BCUT2D eigenvalue weighted by molar-refractivity contribution is 5.81. The number of carbonyl (C=O) groups is 1. The molecule has 0 aromatic rings. The minimum Gasteiger partial charge on any atom is -0.351 e. The van der Waals surface area contributed by atoms with Crippen molar-refractivity contribution in [2.24, 2.45) is 16.7 Å². The molecule has 98 valence electrons. The fraction of sp³-hybridized carbons (Fsp3) is 0.929. The van der Waals surface area contributed by atoms with Crippen LogP contribution in [0.1, 0.15) is 47.0 Å². The van der Waals surface area contributed by atoms with Crippen molar-refractivity contribution in [1.82, 2.24) is 10.6 Å².